The first kappa shape index (κ1) is 17.2. The van der Waals surface area contributed by atoms with Crippen molar-refractivity contribution in [2.45, 2.75) is 6.42 Å². The molecule has 0 bridgehead atoms. The van der Waals surface area contributed by atoms with E-state index in [9.17, 15) is 9.90 Å². The van der Waals surface area contributed by atoms with Gasteiger partial charge in [-0.3, -0.25) is 9.78 Å². The summed E-state index contributed by atoms with van der Waals surface area (Å²) in [4.78, 5) is 24.6. The lowest BCUT2D eigenvalue weighted by molar-refractivity contribution is 0.0939. The third kappa shape index (κ3) is 4.68. The third-order valence-corrected chi connectivity index (χ3v) is 4.50. The van der Waals surface area contributed by atoms with Gasteiger partial charge in [0.2, 0.25) is 0 Å². The lowest BCUT2D eigenvalue weighted by atomic mass is 10.0. The molecule has 0 aliphatic heterocycles. The van der Waals surface area contributed by atoms with Gasteiger partial charge in [-0.05, 0) is 40.9 Å². The lowest BCUT2D eigenvalue weighted by Gasteiger charge is -2.14. The Morgan fingerprint density at radius 1 is 1.20 bits per heavy atom. The van der Waals surface area contributed by atoms with Crippen molar-refractivity contribution in [2.24, 2.45) is 5.92 Å². The topological polar surface area (TPSA) is 88.0 Å². The fourth-order valence-electron chi connectivity index (χ4n) is 2.38. The van der Waals surface area contributed by atoms with Crippen LogP contribution in [-0.4, -0.2) is 39.1 Å². The number of aliphatic hydroxyl groups excluding tert-OH is 1. The highest BCUT2D eigenvalue weighted by Gasteiger charge is 2.13. The van der Waals surface area contributed by atoms with Crippen molar-refractivity contribution in [3.8, 4) is 11.4 Å². The number of nitrogens with one attached hydrogen (secondary N) is 1. The minimum atomic E-state index is -0.245. The summed E-state index contributed by atoms with van der Waals surface area (Å²) in [6.07, 6.45) is 7.08. The summed E-state index contributed by atoms with van der Waals surface area (Å²) in [5, 5.41) is 16.4. The first-order valence-corrected chi connectivity index (χ1v) is 8.83. The Labute approximate surface area is 149 Å². The van der Waals surface area contributed by atoms with E-state index in [1.807, 2.05) is 23.6 Å². The van der Waals surface area contributed by atoms with E-state index in [2.05, 4.69) is 25.6 Å². The molecule has 0 aromatic carbocycles. The predicted octanol–water partition coefficient (Wildman–Crippen LogP) is 2.18. The van der Waals surface area contributed by atoms with Crippen LogP contribution in [0.2, 0.25) is 0 Å². The van der Waals surface area contributed by atoms with Crippen molar-refractivity contribution in [2.75, 3.05) is 13.2 Å². The predicted molar refractivity (Wildman–Crippen MR) is 96.2 cm³/mol. The van der Waals surface area contributed by atoms with Gasteiger partial charge in [-0.25, -0.2) is 9.97 Å². The van der Waals surface area contributed by atoms with Gasteiger partial charge in [0.05, 0.1) is 5.56 Å². The number of pyridine rings is 1. The van der Waals surface area contributed by atoms with E-state index in [-0.39, 0.29) is 18.4 Å². The number of aliphatic hydroxyl groups is 1. The maximum absolute atomic E-state index is 12.2. The summed E-state index contributed by atoms with van der Waals surface area (Å²) in [6.45, 7) is 0.422. The van der Waals surface area contributed by atoms with Crippen LogP contribution in [-0.2, 0) is 6.42 Å². The second kappa shape index (κ2) is 8.46. The van der Waals surface area contributed by atoms with E-state index < -0.39 is 0 Å². The van der Waals surface area contributed by atoms with Gasteiger partial charge >= 0.3 is 0 Å². The van der Waals surface area contributed by atoms with Crippen LogP contribution in [0.5, 0.6) is 0 Å². The molecule has 0 radical (unpaired) electrons. The molecule has 3 aromatic heterocycles. The van der Waals surface area contributed by atoms with Crippen molar-refractivity contribution in [1.82, 2.24) is 20.3 Å². The number of hydrogen-bond acceptors (Lipinski definition) is 6. The number of carbonyl (C=O) groups is 1. The molecule has 0 saturated heterocycles. The number of amides is 1. The molecule has 1 unspecified atom stereocenters. The quantitative estimate of drug-likeness (QED) is 0.679. The molecular weight excluding hydrogens is 336 g/mol. The molecule has 0 aliphatic rings. The number of rotatable bonds is 7. The van der Waals surface area contributed by atoms with Crippen molar-refractivity contribution in [3.63, 3.8) is 0 Å². The number of aromatic nitrogens is 3. The van der Waals surface area contributed by atoms with Gasteiger partial charge < -0.3 is 10.4 Å². The van der Waals surface area contributed by atoms with Crippen molar-refractivity contribution >= 4 is 17.2 Å². The molecule has 25 heavy (non-hydrogen) atoms. The summed E-state index contributed by atoms with van der Waals surface area (Å²) in [6, 6.07) is 5.65. The Morgan fingerprint density at radius 2 is 1.96 bits per heavy atom. The zero-order valence-electron chi connectivity index (χ0n) is 13.5. The van der Waals surface area contributed by atoms with E-state index in [1.54, 1.807) is 23.7 Å². The first-order chi connectivity index (χ1) is 12.3. The SMILES string of the molecule is O=C(NCC(CO)Cc1ccsc1)c1cnc(-c2ccncc2)nc1. The molecule has 0 spiro atoms. The number of thiophene rings is 1. The minimum Gasteiger partial charge on any atom is -0.396 e. The van der Waals surface area contributed by atoms with Crippen LogP contribution in [0.4, 0.5) is 0 Å². The minimum absolute atomic E-state index is 0.0180. The van der Waals surface area contributed by atoms with Gasteiger partial charge in [-0.1, -0.05) is 0 Å². The fraction of sp³-hybridized carbons (Fsp3) is 0.222. The Kier molecular flexibility index (Phi) is 5.81. The maximum Gasteiger partial charge on any atom is 0.254 e. The normalized spacial score (nSPS) is 11.9. The Hall–Kier alpha value is -2.64. The van der Waals surface area contributed by atoms with Crippen LogP contribution in [0.1, 0.15) is 15.9 Å². The highest BCUT2D eigenvalue weighted by atomic mass is 32.1. The van der Waals surface area contributed by atoms with Crippen LogP contribution >= 0.6 is 11.3 Å². The van der Waals surface area contributed by atoms with Crippen LogP contribution < -0.4 is 5.32 Å². The second-order valence-electron chi connectivity index (χ2n) is 5.63. The average Bonchev–Trinajstić information content (AvgIpc) is 3.19. The first-order valence-electron chi connectivity index (χ1n) is 7.89. The molecule has 3 heterocycles. The zero-order chi connectivity index (χ0) is 17.5. The molecule has 3 aromatic rings. The molecular formula is C18H18N4O2S. The van der Waals surface area contributed by atoms with Crippen molar-refractivity contribution in [1.29, 1.82) is 0 Å². The van der Waals surface area contributed by atoms with Crippen molar-refractivity contribution < 1.29 is 9.90 Å². The molecule has 0 saturated carbocycles. The Bertz CT molecular complexity index is 792. The van der Waals surface area contributed by atoms with E-state index in [0.29, 0.717) is 17.9 Å². The molecule has 1 atom stereocenters. The summed E-state index contributed by atoms with van der Waals surface area (Å²) < 4.78 is 0. The zero-order valence-corrected chi connectivity index (χ0v) is 14.3. The van der Waals surface area contributed by atoms with Crippen LogP contribution in [0.25, 0.3) is 11.4 Å². The van der Waals surface area contributed by atoms with Gasteiger partial charge in [0.25, 0.3) is 5.91 Å². The molecule has 7 heteroatoms. The second-order valence-corrected chi connectivity index (χ2v) is 6.41. The molecule has 1 amide bonds. The van der Waals surface area contributed by atoms with Gasteiger partial charge in [-0.15, -0.1) is 0 Å². The van der Waals surface area contributed by atoms with Gasteiger partial charge in [0, 0.05) is 49.4 Å². The van der Waals surface area contributed by atoms with Gasteiger partial charge in [-0.2, -0.15) is 11.3 Å². The summed E-state index contributed by atoms with van der Waals surface area (Å²) in [5.74, 6) is 0.283. The van der Waals surface area contributed by atoms with Crippen LogP contribution in [0.3, 0.4) is 0 Å². The monoisotopic (exact) mass is 354 g/mol. The highest BCUT2D eigenvalue weighted by Crippen LogP contribution is 2.13. The highest BCUT2D eigenvalue weighted by molar-refractivity contribution is 7.07. The Morgan fingerprint density at radius 3 is 2.60 bits per heavy atom. The number of hydrogen-bond donors (Lipinski definition) is 2. The summed E-state index contributed by atoms with van der Waals surface area (Å²) in [7, 11) is 0. The van der Waals surface area contributed by atoms with Crippen molar-refractivity contribution in [3.05, 3.63) is 64.9 Å². The lowest BCUT2D eigenvalue weighted by Crippen LogP contribution is -2.32. The van der Waals surface area contributed by atoms with E-state index >= 15 is 0 Å². The third-order valence-electron chi connectivity index (χ3n) is 3.77. The standard InChI is InChI=1S/C18H18N4O2S/c23-11-14(7-13-3-6-25-12-13)8-22-18(24)16-9-20-17(21-10-16)15-1-4-19-5-2-15/h1-6,9-10,12,14,23H,7-8,11H2,(H,22,24). The Balaban J connectivity index is 1.57. The molecule has 128 valence electrons. The molecule has 3 rings (SSSR count). The van der Waals surface area contributed by atoms with Crippen LogP contribution in [0.15, 0.2) is 53.7 Å². The molecule has 0 fully saturated rings. The average molecular weight is 354 g/mol. The molecule has 0 aliphatic carbocycles. The van der Waals surface area contributed by atoms with E-state index in [0.717, 1.165) is 12.0 Å². The summed E-state index contributed by atoms with van der Waals surface area (Å²) >= 11 is 1.62. The van der Waals surface area contributed by atoms with Gasteiger partial charge in [0.15, 0.2) is 5.82 Å². The maximum atomic E-state index is 12.2. The fourth-order valence-corrected chi connectivity index (χ4v) is 3.06. The number of carbonyl (C=O) groups excluding carboxylic acids is 1. The molecule has 6 nitrogen and oxygen atoms in total. The van der Waals surface area contributed by atoms with E-state index in [1.165, 1.54) is 18.0 Å². The van der Waals surface area contributed by atoms with Gasteiger partial charge in [0.1, 0.15) is 0 Å². The number of nitrogens with zero attached hydrogens (tertiary/aromatic N) is 3. The summed E-state index contributed by atoms with van der Waals surface area (Å²) in [5.41, 5.74) is 2.41. The van der Waals surface area contributed by atoms with Crippen LogP contribution in [0, 0.1) is 5.92 Å². The molecule has 2 N–H and O–H groups in total. The smallest absolute Gasteiger partial charge is 0.254 e. The largest absolute Gasteiger partial charge is 0.396 e. The van der Waals surface area contributed by atoms with E-state index in [4.69, 9.17) is 0 Å².